The Morgan fingerprint density at radius 1 is 1.32 bits per heavy atom. The molecule has 0 aromatic carbocycles. The second-order valence-electron chi connectivity index (χ2n) is 5.42. The first-order chi connectivity index (χ1) is 8.89. The molecular weight excluding hydrogens is 244 g/mol. The topological polar surface area (TPSA) is 86.9 Å². The quantitative estimate of drug-likeness (QED) is 0.660. The highest BCUT2D eigenvalue weighted by Gasteiger charge is 2.21. The van der Waals surface area contributed by atoms with Crippen LogP contribution in [0, 0.1) is 5.41 Å². The molecule has 106 valence electrons. The Labute approximate surface area is 113 Å². The summed E-state index contributed by atoms with van der Waals surface area (Å²) in [4.78, 5) is 30.1. The van der Waals surface area contributed by atoms with E-state index in [4.69, 9.17) is 0 Å². The molecule has 0 aliphatic rings. The molecule has 6 heteroatoms. The van der Waals surface area contributed by atoms with Crippen molar-refractivity contribution in [3.63, 3.8) is 0 Å². The minimum Gasteiger partial charge on any atom is -0.355 e. The zero-order valence-electron chi connectivity index (χ0n) is 11.7. The average molecular weight is 266 g/mol. The van der Waals surface area contributed by atoms with Gasteiger partial charge in [-0.25, -0.2) is 4.98 Å². The standard InChI is InChI=1S/C13H22N4O2/c1-13(2,3)12(19)17-9-11(18)16-6-4-5-10-14-7-8-15-10/h7-8H,4-6,9H2,1-3H3,(H,14,15)(H,16,18)(H,17,19). The molecule has 1 heterocycles. The third-order valence-corrected chi connectivity index (χ3v) is 2.56. The lowest BCUT2D eigenvalue weighted by atomic mass is 9.96. The van der Waals surface area contributed by atoms with Gasteiger partial charge in [0.15, 0.2) is 0 Å². The van der Waals surface area contributed by atoms with Crippen LogP contribution < -0.4 is 10.6 Å². The summed E-state index contributed by atoms with van der Waals surface area (Å²) >= 11 is 0. The van der Waals surface area contributed by atoms with E-state index in [0.29, 0.717) is 6.54 Å². The fraction of sp³-hybridized carbons (Fsp3) is 0.615. The fourth-order valence-electron chi connectivity index (χ4n) is 1.41. The van der Waals surface area contributed by atoms with Crippen LogP contribution in [0.5, 0.6) is 0 Å². The van der Waals surface area contributed by atoms with E-state index in [1.807, 2.05) is 20.8 Å². The summed E-state index contributed by atoms with van der Waals surface area (Å²) < 4.78 is 0. The molecule has 1 rings (SSSR count). The molecule has 0 atom stereocenters. The molecule has 0 aliphatic heterocycles. The van der Waals surface area contributed by atoms with Gasteiger partial charge in [-0.1, -0.05) is 20.8 Å². The summed E-state index contributed by atoms with van der Waals surface area (Å²) in [5.74, 6) is 0.616. The van der Waals surface area contributed by atoms with Crippen molar-refractivity contribution in [2.45, 2.75) is 33.6 Å². The maximum absolute atomic E-state index is 11.6. The van der Waals surface area contributed by atoms with Crippen LogP contribution in [-0.4, -0.2) is 34.9 Å². The number of aromatic nitrogens is 2. The number of hydrogen-bond acceptors (Lipinski definition) is 3. The maximum Gasteiger partial charge on any atom is 0.239 e. The Morgan fingerprint density at radius 3 is 2.63 bits per heavy atom. The highest BCUT2D eigenvalue weighted by molar-refractivity contribution is 5.87. The Bertz CT molecular complexity index is 407. The Kier molecular flexibility index (Phi) is 5.54. The van der Waals surface area contributed by atoms with E-state index in [1.165, 1.54) is 0 Å². The highest BCUT2D eigenvalue weighted by Crippen LogP contribution is 2.11. The molecule has 0 aliphatic carbocycles. The molecule has 0 fully saturated rings. The molecule has 0 unspecified atom stereocenters. The van der Waals surface area contributed by atoms with Crippen LogP contribution in [-0.2, 0) is 16.0 Å². The number of carbonyl (C=O) groups excluding carboxylic acids is 2. The summed E-state index contributed by atoms with van der Waals surface area (Å²) in [5.41, 5.74) is -0.473. The molecular formula is C13H22N4O2. The monoisotopic (exact) mass is 266 g/mol. The van der Waals surface area contributed by atoms with E-state index in [0.717, 1.165) is 18.7 Å². The summed E-state index contributed by atoms with van der Waals surface area (Å²) in [6.45, 7) is 6.03. The van der Waals surface area contributed by atoms with Gasteiger partial charge in [0.05, 0.1) is 6.54 Å². The van der Waals surface area contributed by atoms with Gasteiger partial charge in [-0.3, -0.25) is 9.59 Å². The van der Waals surface area contributed by atoms with Crippen molar-refractivity contribution in [1.29, 1.82) is 0 Å². The number of nitrogens with zero attached hydrogens (tertiary/aromatic N) is 1. The van der Waals surface area contributed by atoms with E-state index in [-0.39, 0.29) is 18.4 Å². The summed E-state index contributed by atoms with van der Waals surface area (Å²) in [6, 6.07) is 0. The predicted octanol–water partition coefficient (Wildman–Crippen LogP) is 0.621. The van der Waals surface area contributed by atoms with Gasteiger partial charge in [0, 0.05) is 30.8 Å². The van der Waals surface area contributed by atoms with Gasteiger partial charge in [0.1, 0.15) is 5.82 Å². The molecule has 1 aromatic rings. The third kappa shape index (κ3) is 6.03. The number of imidazole rings is 1. The first-order valence-electron chi connectivity index (χ1n) is 6.43. The molecule has 2 amide bonds. The second kappa shape index (κ2) is 6.92. The minimum absolute atomic E-state index is 0.0247. The van der Waals surface area contributed by atoms with Crippen molar-refractivity contribution in [3.8, 4) is 0 Å². The van der Waals surface area contributed by atoms with E-state index >= 15 is 0 Å². The minimum atomic E-state index is -0.473. The number of nitrogens with one attached hydrogen (secondary N) is 3. The summed E-state index contributed by atoms with van der Waals surface area (Å²) in [5, 5.41) is 5.36. The first-order valence-corrected chi connectivity index (χ1v) is 6.43. The molecule has 19 heavy (non-hydrogen) atoms. The third-order valence-electron chi connectivity index (χ3n) is 2.56. The van der Waals surface area contributed by atoms with Crippen molar-refractivity contribution < 1.29 is 9.59 Å². The number of rotatable bonds is 6. The SMILES string of the molecule is CC(C)(C)C(=O)NCC(=O)NCCCc1ncc[nH]1. The molecule has 0 bridgehead atoms. The molecule has 6 nitrogen and oxygen atoms in total. The molecule has 0 radical (unpaired) electrons. The van der Waals surface area contributed by atoms with Crippen LogP contribution in [0.4, 0.5) is 0 Å². The molecule has 1 aromatic heterocycles. The van der Waals surface area contributed by atoms with E-state index in [2.05, 4.69) is 20.6 Å². The van der Waals surface area contributed by atoms with Crippen LogP contribution in [0.15, 0.2) is 12.4 Å². The van der Waals surface area contributed by atoms with Gasteiger partial charge >= 0.3 is 0 Å². The smallest absolute Gasteiger partial charge is 0.239 e. The number of aromatic amines is 1. The van der Waals surface area contributed by atoms with Gasteiger partial charge < -0.3 is 15.6 Å². The number of carbonyl (C=O) groups is 2. The van der Waals surface area contributed by atoms with Crippen molar-refractivity contribution in [3.05, 3.63) is 18.2 Å². The number of hydrogen-bond donors (Lipinski definition) is 3. The van der Waals surface area contributed by atoms with Gasteiger partial charge in [-0.15, -0.1) is 0 Å². The molecule has 0 saturated heterocycles. The highest BCUT2D eigenvalue weighted by atomic mass is 16.2. The summed E-state index contributed by atoms with van der Waals surface area (Å²) in [6.07, 6.45) is 5.08. The van der Waals surface area contributed by atoms with Crippen molar-refractivity contribution in [2.75, 3.05) is 13.1 Å². The number of aryl methyl sites for hydroxylation is 1. The van der Waals surface area contributed by atoms with E-state index < -0.39 is 5.41 Å². The van der Waals surface area contributed by atoms with Crippen molar-refractivity contribution >= 4 is 11.8 Å². The summed E-state index contributed by atoms with van der Waals surface area (Å²) in [7, 11) is 0. The van der Waals surface area contributed by atoms with E-state index in [1.54, 1.807) is 12.4 Å². The zero-order valence-corrected chi connectivity index (χ0v) is 11.7. The normalized spacial score (nSPS) is 11.1. The predicted molar refractivity (Wildman–Crippen MR) is 72.4 cm³/mol. The Morgan fingerprint density at radius 2 is 2.05 bits per heavy atom. The van der Waals surface area contributed by atoms with Crippen LogP contribution in [0.3, 0.4) is 0 Å². The molecule has 0 saturated carbocycles. The van der Waals surface area contributed by atoms with Gasteiger partial charge in [-0.2, -0.15) is 0 Å². The fourth-order valence-corrected chi connectivity index (χ4v) is 1.41. The maximum atomic E-state index is 11.6. The molecule has 3 N–H and O–H groups in total. The van der Waals surface area contributed by atoms with Crippen molar-refractivity contribution in [1.82, 2.24) is 20.6 Å². The Hall–Kier alpha value is -1.85. The van der Waals surface area contributed by atoms with Gasteiger partial charge in [-0.05, 0) is 6.42 Å². The van der Waals surface area contributed by atoms with Gasteiger partial charge in [0.25, 0.3) is 0 Å². The van der Waals surface area contributed by atoms with Crippen molar-refractivity contribution in [2.24, 2.45) is 5.41 Å². The van der Waals surface area contributed by atoms with Crippen LogP contribution in [0.2, 0.25) is 0 Å². The van der Waals surface area contributed by atoms with E-state index in [9.17, 15) is 9.59 Å². The lowest BCUT2D eigenvalue weighted by molar-refractivity contribution is -0.131. The van der Waals surface area contributed by atoms with Crippen LogP contribution in [0.1, 0.15) is 33.0 Å². The largest absolute Gasteiger partial charge is 0.355 e. The lowest BCUT2D eigenvalue weighted by Gasteiger charge is -2.17. The average Bonchev–Trinajstić information content (AvgIpc) is 2.83. The second-order valence-corrected chi connectivity index (χ2v) is 5.42. The Balaban J connectivity index is 2.10. The lowest BCUT2D eigenvalue weighted by Crippen LogP contribution is -2.41. The molecule has 0 spiro atoms. The first kappa shape index (κ1) is 15.2. The zero-order chi connectivity index (χ0) is 14.3. The number of H-pyrrole nitrogens is 1. The number of amides is 2. The van der Waals surface area contributed by atoms with Crippen LogP contribution >= 0.6 is 0 Å². The van der Waals surface area contributed by atoms with Crippen LogP contribution in [0.25, 0.3) is 0 Å². The van der Waals surface area contributed by atoms with Gasteiger partial charge in [0.2, 0.25) is 11.8 Å².